The summed E-state index contributed by atoms with van der Waals surface area (Å²) in [6, 6.07) is 10.4. The van der Waals surface area contributed by atoms with E-state index in [1.54, 1.807) is 20.3 Å². The Bertz CT molecular complexity index is 1380. The van der Waals surface area contributed by atoms with E-state index in [9.17, 15) is 9.18 Å². The Labute approximate surface area is 248 Å². The Hall–Kier alpha value is -2.99. The summed E-state index contributed by atoms with van der Waals surface area (Å²) in [4.78, 5) is 22.5. The van der Waals surface area contributed by atoms with Gasteiger partial charge in [0.05, 0.1) is 25.7 Å². The van der Waals surface area contributed by atoms with Gasteiger partial charge >= 0.3 is 0 Å². The van der Waals surface area contributed by atoms with Crippen LogP contribution in [0.25, 0.3) is 22.2 Å². The maximum atomic E-state index is 14.8. The molecule has 1 amide bonds. The summed E-state index contributed by atoms with van der Waals surface area (Å²) in [6.07, 6.45) is 0.865. The normalized spacial score (nSPS) is 21.5. The third-order valence-electron chi connectivity index (χ3n) is 8.34. The molecular formula is C31H44FN5O4Si. The first kappa shape index (κ1) is 30.5. The standard InChI is InChI=1S/C31H44FN5O4Si/c1-35-12-14-36(15-13-35)18-23-28(29(23)32)31(38)34-26-11-10-21-22(27-24(39-2)8-7-9-25(27)40-3)19-37(30(21)33-26)20-41-16-17-42(4,5)6/h7-11,19,23,28-29H,12-18,20H2,1-6H3,(H,33,34,38)/t23-,28-,29-/m0/s1. The number of anilines is 1. The molecule has 0 unspecified atom stereocenters. The lowest BCUT2D eigenvalue weighted by Crippen LogP contribution is -2.45. The lowest BCUT2D eigenvalue weighted by Gasteiger charge is -2.32. The predicted octanol–water partition coefficient (Wildman–Crippen LogP) is 4.80. The van der Waals surface area contributed by atoms with Gasteiger partial charge in [-0.2, -0.15) is 0 Å². The highest BCUT2D eigenvalue weighted by Crippen LogP contribution is 2.44. The van der Waals surface area contributed by atoms with E-state index in [1.807, 2.05) is 35.0 Å². The fraction of sp³-hybridized carbons (Fsp3) is 0.548. The van der Waals surface area contributed by atoms with Crippen molar-refractivity contribution in [2.24, 2.45) is 11.8 Å². The average Bonchev–Trinajstić information content (AvgIpc) is 3.46. The minimum atomic E-state index is -1.25. The van der Waals surface area contributed by atoms with Crippen molar-refractivity contribution in [3.8, 4) is 22.6 Å². The molecule has 42 heavy (non-hydrogen) atoms. The van der Waals surface area contributed by atoms with Crippen LogP contribution in [-0.4, -0.2) is 100 Å². The van der Waals surface area contributed by atoms with Crippen molar-refractivity contribution >= 4 is 30.8 Å². The number of rotatable bonds is 12. The van der Waals surface area contributed by atoms with Crippen LogP contribution >= 0.6 is 0 Å². The van der Waals surface area contributed by atoms with Gasteiger partial charge in [0, 0.05) is 70.5 Å². The number of fused-ring (bicyclic) bond motifs is 1. The summed E-state index contributed by atoms with van der Waals surface area (Å²) in [5, 5.41) is 3.76. The van der Waals surface area contributed by atoms with E-state index in [-0.39, 0.29) is 11.8 Å². The number of halogens is 1. The van der Waals surface area contributed by atoms with E-state index in [2.05, 4.69) is 41.8 Å². The molecule has 0 radical (unpaired) electrons. The van der Waals surface area contributed by atoms with E-state index < -0.39 is 20.2 Å². The van der Waals surface area contributed by atoms with Gasteiger partial charge in [-0.05, 0) is 37.4 Å². The number of carbonyl (C=O) groups excluding carboxylic acids is 1. The molecule has 9 nitrogen and oxygen atoms in total. The van der Waals surface area contributed by atoms with Crippen molar-refractivity contribution in [1.29, 1.82) is 0 Å². The van der Waals surface area contributed by atoms with Crippen LogP contribution in [0.5, 0.6) is 11.5 Å². The second-order valence-electron chi connectivity index (χ2n) is 12.7. The summed E-state index contributed by atoms with van der Waals surface area (Å²) in [5.41, 5.74) is 2.36. The fourth-order valence-corrected chi connectivity index (χ4v) is 6.37. The van der Waals surface area contributed by atoms with Crippen molar-refractivity contribution in [2.45, 2.75) is 38.6 Å². The van der Waals surface area contributed by atoms with Gasteiger partial charge in [-0.1, -0.05) is 25.7 Å². The number of methoxy groups -OCH3 is 2. The Kier molecular flexibility index (Phi) is 9.22. The zero-order valence-corrected chi connectivity index (χ0v) is 26.7. The van der Waals surface area contributed by atoms with Gasteiger partial charge in [-0.25, -0.2) is 9.37 Å². The highest BCUT2D eigenvalue weighted by molar-refractivity contribution is 6.76. The number of hydrogen-bond donors (Lipinski definition) is 1. The van der Waals surface area contributed by atoms with Gasteiger partial charge in [-0.15, -0.1) is 0 Å². The maximum Gasteiger partial charge on any atom is 0.232 e. The topological polar surface area (TPSA) is 81.1 Å². The SMILES string of the molecule is COc1cccc(OC)c1-c1cn(COCC[Si](C)(C)C)c2nc(NC(=O)[C@@H]3[C@@H](F)[C@H]3CN3CCN(C)CC3)ccc12. The number of carbonyl (C=O) groups is 1. The summed E-state index contributed by atoms with van der Waals surface area (Å²) in [6.45, 7) is 12.3. The number of ether oxygens (including phenoxy) is 3. The number of pyridine rings is 1. The second-order valence-corrected chi connectivity index (χ2v) is 18.3. The molecule has 1 aliphatic carbocycles. The van der Waals surface area contributed by atoms with Crippen molar-refractivity contribution < 1.29 is 23.4 Å². The predicted molar refractivity (Wildman–Crippen MR) is 167 cm³/mol. The number of nitrogens with one attached hydrogen (secondary N) is 1. The molecule has 228 valence electrons. The van der Waals surface area contributed by atoms with E-state index in [4.69, 9.17) is 19.2 Å². The highest BCUT2D eigenvalue weighted by atomic mass is 28.3. The van der Waals surface area contributed by atoms with Crippen molar-refractivity contribution in [1.82, 2.24) is 19.4 Å². The third-order valence-corrected chi connectivity index (χ3v) is 10.0. The van der Waals surface area contributed by atoms with E-state index in [1.165, 1.54) is 0 Å². The first-order chi connectivity index (χ1) is 20.1. The van der Waals surface area contributed by atoms with Crippen molar-refractivity contribution in [3.05, 3.63) is 36.5 Å². The van der Waals surface area contributed by atoms with Crippen LogP contribution in [0.2, 0.25) is 25.7 Å². The number of piperazine rings is 1. The molecule has 2 aromatic heterocycles. The fourth-order valence-electron chi connectivity index (χ4n) is 5.61. The highest BCUT2D eigenvalue weighted by Gasteiger charge is 2.56. The molecule has 11 heteroatoms. The Balaban J connectivity index is 1.38. The smallest absolute Gasteiger partial charge is 0.232 e. The van der Waals surface area contributed by atoms with Gasteiger partial charge < -0.3 is 33.9 Å². The lowest BCUT2D eigenvalue weighted by molar-refractivity contribution is -0.118. The number of benzene rings is 1. The number of aromatic nitrogens is 2. The number of nitrogens with zero attached hydrogens (tertiary/aromatic N) is 4. The molecule has 0 bridgehead atoms. The van der Waals surface area contributed by atoms with Crippen LogP contribution < -0.4 is 14.8 Å². The largest absolute Gasteiger partial charge is 0.496 e. The molecule has 3 aromatic rings. The molecule has 2 aliphatic rings. The minimum Gasteiger partial charge on any atom is -0.496 e. The number of likely N-dealkylation sites (N-methyl/N-ethyl adjacent to an activating group) is 1. The molecular weight excluding hydrogens is 553 g/mol. The molecule has 1 aromatic carbocycles. The summed E-state index contributed by atoms with van der Waals surface area (Å²) >= 11 is 0. The molecule has 1 saturated carbocycles. The molecule has 3 heterocycles. The van der Waals surface area contributed by atoms with E-state index in [0.29, 0.717) is 42.8 Å². The summed E-state index contributed by atoms with van der Waals surface area (Å²) in [7, 11) is 4.12. The second kappa shape index (κ2) is 12.7. The Morgan fingerprint density at radius 2 is 1.76 bits per heavy atom. The van der Waals surface area contributed by atoms with E-state index in [0.717, 1.165) is 48.7 Å². The molecule has 3 atom stereocenters. The summed E-state index contributed by atoms with van der Waals surface area (Å²) in [5.74, 6) is 0.520. The van der Waals surface area contributed by atoms with Crippen LogP contribution in [0.1, 0.15) is 0 Å². The lowest BCUT2D eigenvalue weighted by atomic mass is 10.0. The van der Waals surface area contributed by atoms with Gasteiger partial charge in [0.1, 0.15) is 35.9 Å². The quantitative estimate of drug-likeness (QED) is 0.237. The Morgan fingerprint density at radius 3 is 2.40 bits per heavy atom. The van der Waals surface area contributed by atoms with Crippen LogP contribution in [-0.2, 0) is 16.3 Å². The molecule has 1 aliphatic heterocycles. The van der Waals surface area contributed by atoms with Gasteiger partial charge in [0.15, 0.2) is 0 Å². The zero-order valence-electron chi connectivity index (χ0n) is 25.7. The van der Waals surface area contributed by atoms with Crippen LogP contribution in [0.15, 0.2) is 36.5 Å². The molecule has 1 saturated heterocycles. The first-order valence-electron chi connectivity index (χ1n) is 14.7. The molecule has 1 N–H and O–H groups in total. The molecule has 5 rings (SSSR count). The monoisotopic (exact) mass is 597 g/mol. The first-order valence-corrected chi connectivity index (χ1v) is 18.4. The summed E-state index contributed by atoms with van der Waals surface area (Å²) < 4.78 is 34.2. The number of alkyl halides is 1. The van der Waals surface area contributed by atoms with Crippen molar-refractivity contribution in [3.63, 3.8) is 0 Å². The average molecular weight is 598 g/mol. The Morgan fingerprint density at radius 1 is 1.07 bits per heavy atom. The van der Waals surface area contributed by atoms with Gasteiger partial charge in [-0.3, -0.25) is 4.79 Å². The van der Waals surface area contributed by atoms with Crippen LogP contribution in [0.4, 0.5) is 10.2 Å². The van der Waals surface area contributed by atoms with Crippen LogP contribution in [0, 0.1) is 11.8 Å². The number of hydrogen-bond acceptors (Lipinski definition) is 7. The minimum absolute atomic E-state index is 0.273. The maximum absolute atomic E-state index is 14.8. The van der Waals surface area contributed by atoms with E-state index >= 15 is 0 Å². The zero-order chi connectivity index (χ0) is 30.0. The van der Waals surface area contributed by atoms with Gasteiger partial charge in [0.25, 0.3) is 0 Å². The van der Waals surface area contributed by atoms with Crippen LogP contribution in [0.3, 0.4) is 0 Å². The molecule has 0 spiro atoms. The van der Waals surface area contributed by atoms with Crippen molar-refractivity contribution in [2.75, 3.05) is 65.9 Å². The third kappa shape index (κ3) is 6.80. The number of amides is 1. The molecule has 2 fully saturated rings. The van der Waals surface area contributed by atoms with Gasteiger partial charge in [0.2, 0.25) is 5.91 Å².